The summed E-state index contributed by atoms with van der Waals surface area (Å²) in [5.74, 6) is -0.263. The Morgan fingerprint density at radius 3 is 2.50 bits per heavy atom. The molecule has 2 fully saturated rings. The van der Waals surface area contributed by atoms with Crippen LogP contribution in [0.25, 0.3) is 0 Å². The van der Waals surface area contributed by atoms with E-state index in [2.05, 4.69) is 4.90 Å². The van der Waals surface area contributed by atoms with Gasteiger partial charge in [-0.25, -0.2) is 0 Å². The molecule has 5 heteroatoms. The fourth-order valence-corrected chi connectivity index (χ4v) is 3.29. The summed E-state index contributed by atoms with van der Waals surface area (Å²) < 4.78 is 0. The number of phenols is 2. The van der Waals surface area contributed by atoms with Gasteiger partial charge < -0.3 is 15.1 Å². The van der Waals surface area contributed by atoms with Crippen molar-refractivity contribution in [1.82, 2.24) is 9.80 Å². The predicted molar refractivity (Wildman–Crippen MR) is 74.9 cm³/mol. The van der Waals surface area contributed by atoms with Crippen LogP contribution in [-0.4, -0.2) is 58.1 Å². The Morgan fingerprint density at radius 1 is 1.05 bits per heavy atom. The van der Waals surface area contributed by atoms with E-state index < -0.39 is 0 Å². The van der Waals surface area contributed by atoms with Gasteiger partial charge in [0.25, 0.3) is 5.91 Å². The molecule has 1 aromatic rings. The molecule has 3 rings (SSSR count). The molecule has 0 saturated carbocycles. The monoisotopic (exact) mass is 276 g/mol. The standard InChI is InChI=1S/C15H20N2O3/c18-13-7-11(8-14(19)9-13)15(20)17-6-2-5-16-4-1-3-12(16)10-17/h7-9,12,18-19H,1-6,10H2. The quantitative estimate of drug-likeness (QED) is 0.814. The maximum atomic E-state index is 12.5. The first-order valence-corrected chi connectivity index (χ1v) is 7.20. The molecule has 108 valence electrons. The van der Waals surface area contributed by atoms with Gasteiger partial charge in [0, 0.05) is 37.3 Å². The average molecular weight is 276 g/mol. The van der Waals surface area contributed by atoms with Gasteiger partial charge in [0.1, 0.15) is 11.5 Å². The van der Waals surface area contributed by atoms with Gasteiger partial charge in [-0.2, -0.15) is 0 Å². The molecule has 1 unspecified atom stereocenters. The van der Waals surface area contributed by atoms with Gasteiger partial charge in [-0.3, -0.25) is 9.69 Å². The van der Waals surface area contributed by atoms with Crippen molar-refractivity contribution in [3.8, 4) is 11.5 Å². The second-order valence-electron chi connectivity index (χ2n) is 5.67. The number of amides is 1. The lowest BCUT2D eigenvalue weighted by Gasteiger charge is -2.25. The summed E-state index contributed by atoms with van der Waals surface area (Å²) in [5, 5.41) is 19.0. The third-order valence-corrected chi connectivity index (χ3v) is 4.24. The van der Waals surface area contributed by atoms with Crippen LogP contribution in [0.2, 0.25) is 0 Å². The van der Waals surface area contributed by atoms with Crippen molar-refractivity contribution in [2.75, 3.05) is 26.2 Å². The van der Waals surface area contributed by atoms with Gasteiger partial charge in [-0.1, -0.05) is 0 Å². The minimum atomic E-state index is -0.107. The van der Waals surface area contributed by atoms with Crippen LogP contribution in [0.15, 0.2) is 18.2 Å². The second kappa shape index (κ2) is 5.32. The second-order valence-corrected chi connectivity index (χ2v) is 5.67. The number of rotatable bonds is 1. The zero-order valence-electron chi connectivity index (χ0n) is 11.5. The minimum Gasteiger partial charge on any atom is -0.508 e. The maximum absolute atomic E-state index is 12.5. The van der Waals surface area contributed by atoms with Crippen molar-refractivity contribution < 1.29 is 15.0 Å². The van der Waals surface area contributed by atoms with Crippen molar-refractivity contribution >= 4 is 5.91 Å². The SMILES string of the molecule is O=C(c1cc(O)cc(O)c1)N1CCCN2CCCC2C1. The Hall–Kier alpha value is -1.75. The Morgan fingerprint density at radius 2 is 1.75 bits per heavy atom. The van der Waals surface area contributed by atoms with Crippen LogP contribution >= 0.6 is 0 Å². The molecule has 0 aliphatic carbocycles. The van der Waals surface area contributed by atoms with Crippen LogP contribution in [0.3, 0.4) is 0 Å². The Labute approximate surface area is 118 Å². The summed E-state index contributed by atoms with van der Waals surface area (Å²) in [6, 6.07) is 4.53. The van der Waals surface area contributed by atoms with E-state index in [1.165, 1.54) is 24.6 Å². The highest BCUT2D eigenvalue weighted by atomic mass is 16.3. The molecule has 0 bridgehead atoms. The van der Waals surface area contributed by atoms with Gasteiger partial charge in [-0.15, -0.1) is 0 Å². The lowest BCUT2D eigenvalue weighted by atomic mass is 10.1. The number of carbonyl (C=O) groups excluding carboxylic acids is 1. The summed E-state index contributed by atoms with van der Waals surface area (Å²) in [7, 11) is 0. The van der Waals surface area contributed by atoms with Gasteiger partial charge in [0.05, 0.1) is 0 Å². The molecule has 1 atom stereocenters. The molecule has 2 aliphatic heterocycles. The first-order chi connectivity index (χ1) is 9.63. The topological polar surface area (TPSA) is 64.0 Å². The number of carbonyl (C=O) groups is 1. The van der Waals surface area contributed by atoms with E-state index in [9.17, 15) is 15.0 Å². The molecule has 0 radical (unpaired) electrons. The number of fused-ring (bicyclic) bond motifs is 1. The molecule has 0 spiro atoms. The molecular formula is C15H20N2O3. The molecule has 0 aromatic heterocycles. The molecule has 2 saturated heterocycles. The lowest BCUT2D eigenvalue weighted by Crippen LogP contribution is -2.39. The molecule has 5 nitrogen and oxygen atoms in total. The summed E-state index contributed by atoms with van der Waals surface area (Å²) in [6.45, 7) is 3.68. The van der Waals surface area contributed by atoms with E-state index in [0.717, 1.165) is 39.0 Å². The van der Waals surface area contributed by atoms with E-state index in [1.54, 1.807) is 0 Å². The molecular weight excluding hydrogens is 256 g/mol. The summed E-state index contributed by atoms with van der Waals surface area (Å²) in [4.78, 5) is 16.8. The van der Waals surface area contributed by atoms with Crippen molar-refractivity contribution in [1.29, 1.82) is 0 Å². The lowest BCUT2D eigenvalue weighted by molar-refractivity contribution is 0.0742. The van der Waals surface area contributed by atoms with Gasteiger partial charge >= 0.3 is 0 Å². The molecule has 2 N–H and O–H groups in total. The van der Waals surface area contributed by atoms with Gasteiger partial charge in [-0.05, 0) is 37.9 Å². The highest BCUT2D eigenvalue weighted by Crippen LogP contribution is 2.25. The van der Waals surface area contributed by atoms with Crippen LogP contribution in [-0.2, 0) is 0 Å². The van der Waals surface area contributed by atoms with Crippen molar-refractivity contribution in [2.45, 2.75) is 25.3 Å². The fraction of sp³-hybridized carbons (Fsp3) is 0.533. The van der Waals surface area contributed by atoms with Crippen LogP contribution in [0, 0.1) is 0 Å². The summed E-state index contributed by atoms with van der Waals surface area (Å²) in [6.07, 6.45) is 3.34. The van der Waals surface area contributed by atoms with Crippen LogP contribution < -0.4 is 0 Å². The van der Waals surface area contributed by atoms with Gasteiger partial charge in [0.2, 0.25) is 0 Å². The Balaban J connectivity index is 1.78. The number of benzene rings is 1. The first kappa shape index (κ1) is 13.2. The molecule has 1 amide bonds. The first-order valence-electron chi connectivity index (χ1n) is 7.20. The molecule has 1 aromatic carbocycles. The fourth-order valence-electron chi connectivity index (χ4n) is 3.29. The number of aromatic hydroxyl groups is 2. The third kappa shape index (κ3) is 2.58. The van der Waals surface area contributed by atoms with Crippen molar-refractivity contribution in [2.24, 2.45) is 0 Å². The number of hydrogen-bond acceptors (Lipinski definition) is 4. The van der Waals surface area contributed by atoms with Crippen LogP contribution in [0.1, 0.15) is 29.6 Å². The zero-order chi connectivity index (χ0) is 14.1. The van der Waals surface area contributed by atoms with Crippen molar-refractivity contribution in [3.63, 3.8) is 0 Å². The largest absolute Gasteiger partial charge is 0.508 e. The molecule has 2 heterocycles. The third-order valence-electron chi connectivity index (χ3n) is 4.24. The Bertz CT molecular complexity index is 498. The highest BCUT2D eigenvalue weighted by Gasteiger charge is 2.30. The number of hydrogen-bond donors (Lipinski definition) is 2. The molecule has 2 aliphatic rings. The van der Waals surface area contributed by atoms with Crippen LogP contribution in [0.5, 0.6) is 11.5 Å². The highest BCUT2D eigenvalue weighted by molar-refractivity contribution is 5.95. The predicted octanol–water partition coefficient (Wildman–Crippen LogP) is 1.41. The number of nitrogens with zero attached hydrogens (tertiary/aromatic N) is 2. The summed E-state index contributed by atoms with van der Waals surface area (Å²) >= 11 is 0. The van der Waals surface area contributed by atoms with E-state index >= 15 is 0 Å². The van der Waals surface area contributed by atoms with E-state index in [-0.39, 0.29) is 17.4 Å². The zero-order valence-corrected chi connectivity index (χ0v) is 11.5. The van der Waals surface area contributed by atoms with Gasteiger partial charge in [0.15, 0.2) is 0 Å². The maximum Gasteiger partial charge on any atom is 0.254 e. The van der Waals surface area contributed by atoms with E-state index in [0.29, 0.717) is 11.6 Å². The minimum absolute atomic E-state index is 0.0781. The van der Waals surface area contributed by atoms with Crippen molar-refractivity contribution in [3.05, 3.63) is 23.8 Å². The summed E-state index contributed by atoms with van der Waals surface area (Å²) in [5.41, 5.74) is 0.356. The Kier molecular flexibility index (Phi) is 3.53. The van der Waals surface area contributed by atoms with E-state index in [1.807, 2.05) is 4.90 Å². The smallest absolute Gasteiger partial charge is 0.254 e. The van der Waals surface area contributed by atoms with Crippen LogP contribution in [0.4, 0.5) is 0 Å². The molecule has 20 heavy (non-hydrogen) atoms. The average Bonchev–Trinajstić information content (AvgIpc) is 2.74. The van der Waals surface area contributed by atoms with E-state index in [4.69, 9.17) is 0 Å². The number of phenolic OH excluding ortho intramolecular Hbond substituents is 2. The normalized spacial score (nSPS) is 23.4.